The van der Waals surface area contributed by atoms with Crippen LogP contribution in [0.1, 0.15) is 18.9 Å². The molecule has 2 rings (SSSR count). The Balaban J connectivity index is 2.01. The quantitative estimate of drug-likeness (QED) is 0.893. The molecule has 128 valence electrons. The van der Waals surface area contributed by atoms with Gasteiger partial charge in [0.05, 0.1) is 0 Å². The molecule has 1 amide bonds. The topological polar surface area (TPSA) is 35.6 Å². The summed E-state index contributed by atoms with van der Waals surface area (Å²) in [5.41, 5.74) is 0.635. The van der Waals surface area contributed by atoms with Crippen LogP contribution in [0.5, 0.6) is 0 Å². The minimum atomic E-state index is -0.212. The van der Waals surface area contributed by atoms with Gasteiger partial charge in [-0.05, 0) is 51.2 Å². The van der Waals surface area contributed by atoms with Crippen LogP contribution in [0.3, 0.4) is 0 Å². The zero-order valence-electron chi connectivity index (χ0n) is 14.0. The van der Waals surface area contributed by atoms with Crippen molar-refractivity contribution in [2.75, 3.05) is 33.7 Å². The normalized spacial score (nSPS) is 22.3. The van der Waals surface area contributed by atoms with Gasteiger partial charge in [0.15, 0.2) is 0 Å². The van der Waals surface area contributed by atoms with E-state index in [4.69, 9.17) is 11.6 Å². The van der Waals surface area contributed by atoms with E-state index in [1.165, 1.54) is 6.07 Å². The number of piperidine rings is 1. The Labute approximate surface area is 142 Å². The number of rotatable bonds is 5. The van der Waals surface area contributed by atoms with Gasteiger partial charge in [0.25, 0.3) is 0 Å². The van der Waals surface area contributed by atoms with Gasteiger partial charge in [0, 0.05) is 43.2 Å². The lowest BCUT2D eigenvalue weighted by Crippen LogP contribution is -2.52. The molecule has 1 aromatic carbocycles. The largest absolute Gasteiger partial charge is 0.356 e. The molecule has 1 aromatic rings. The van der Waals surface area contributed by atoms with E-state index in [9.17, 15) is 9.18 Å². The molecule has 1 aliphatic heterocycles. The monoisotopic (exact) mass is 341 g/mol. The maximum Gasteiger partial charge on any atom is 0.216 e. The van der Waals surface area contributed by atoms with E-state index in [1.54, 1.807) is 19.1 Å². The van der Waals surface area contributed by atoms with Crippen molar-refractivity contribution in [2.24, 2.45) is 5.92 Å². The molecule has 23 heavy (non-hydrogen) atoms. The second-order valence-electron chi connectivity index (χ2n) is 6.49. The second kappa shape index (κ2) is 8.08. The fourth-order valence-electron chi connectivity index (χ4n) is 3.19. The van der Waals surface area contributed by atoms with Crippen molar-refractivity contribution in [3.8, 4) is 0 Å². The molecule has 0 aliphatic carbocycles. The molecule has 1 heterocycles. The minimum Gasteiger partial charge on any atom is -0.356 e. The predicted molar refractivity (Wildman–Crippen MR) is 91.0 cm³/mol. The summed E-state index contributed by atoms with van der Waals surface area (Å²) >= 11 is 5.97. The van der Waals surface area contributed by atoms with Gasteiger partial charge in [-0.1, -0.05) is 11.6 Å². The molecule has 1 fully saturated rings. The Bertz CT molecular complexity index is 553. The summed E-state index contributed by atoms with van der Waals surface area (Å²) in [7, 11) is 4.10. The van der Waals surface area contributed by atoms with Crippen LogP contribution in [0.2, 0.25) is 5.02 Å². The van der Waals surface area contributed by atoms with Crippen LogP contribution in [0.4, 0.5) is 4.39 Å². The van der Waals surface area contributed by atoms with E-state index >= 15 is 0 Å². The lowest BCUT2D eigenvalue weighted by atomic mass is 9.90. The van der Waals surface area contributed by atoms with Crippen molar-refractivity contribution in [2.45, 2.75) is 25.9 Å². The van der Waals surface area contributed by atoms with E-state index in [0.717, 1.165) is 19.5 Å². The lowest BCUT2D eigenvalue weighted by Gasteiger charge is -2.42. The van der Waals surface area contributed by atoms with Gasteiger partial charge < -0.3 is 10.2 Å². The molecule has 4 nitrogen and oxygen atoms in total. The number of nitrogens with one attached hydrogen (secondary N) is 1. The minimum absolute atomic E-state index is 0.00549. The zero-order valence-corrected chi connectivity index (χ0v) is 14.7. The number of carbonyl (C=O) groups excluding carboxylic acids is 1. The van der Waals surface area contributed by atoms with Crippen molar-refractivity contribution < 1.29 is 9.18 Å². The number of likely N-dealkylation sites (tertiary alicyclic amines) is 1. The highest BCUT2D eigenvalue weighted by Gasteiger charge is 2.31. The molecule has 6 heteroatoms. The summed E-state index contributed by atoms with van der Waals surface area (Å²) in [6, 6.07) is 5.02. The molecule has 1 N–H and O–H groups in total. The molecule has 0 saturated carbocycles. The van der Waals surface area contributed by atoms with Crippen LogP contribution in [0.15, 0.2) is 18.2 Å². The SMILES string of the molecule is CC(=O)NC[C@H]1CCN(Cc2cc(Cl)ccc2F)C[C@H]1N(C)C. The first-order valence-corrected chi connectivity index (χ1v) is 8.31. The number of halogens is 2. The number of carbonyl (C=O) groups is 1. The first-order valence-electron chi connectivity index (χ1n) is 7.94. The van der Waals surface area contributed by atoms with E-state index < -0.39 is 0 Å². The number of hydrogen-bond acceptors (Lipinski definition) is 3. The van der Waals surface area contributed by atoms with Gasteiger partial charge in [-0.25, -0.2) is 4.39 Å². The molecule has 0 aromatic heterocycles. The number of hydrogen-bond donors (Lipinski definition) is 1. The van der Waals surface area contributed by atoms with Gasteiger partial charge in [-0.3, -0.25) is 9.69 Å². The average molecular weight is 342 g/mol. The van der Waals surface area contributed by atoms with Crippen LogP contribution in [-0.4, -0.2) is 55.5 Å². The second-order valence-corrected chi connectivity index (χ2v) is 6.92. The summed E-state index contributed by atoms with van der Waals surface area (Å²) in [4.78, 5) is 15.6. The number of benzene rings is 1. The highest BCUT2D eigenvalue weighted by atomic mass is 35.5. The van der Waals surface area contributed by atoms with Crippen LogP contribution < -0.4 is 5.32 Å². The highest BCUT2D eigenvalue weighted by Crippen LogP contribution is 2.24. The van der Waals surface area contributed by atoms with Crippen molar-refractivity contribution in [3.63, 3.8) is 0 Å². The third-order valence-electron chi connectivity index (χ3n) is 4.48. The van der Waals surface area contributed by atoms with E-state index in [1.807, 2.05) is 0 Å². The molecule has 2 atom stereocenters. The molecule has 0 radical (unpaired) electrons. The van der Waals surface area contributed by atoms with E-state index in [0.29, 0.717) is 35.6 Å². The smallest absolute Gasteiger partial charge is 0.216 e. The molecular weight excluding hydrogens is 317 g/mol. The standard InChI is InChI=1S/C17H25ClFN3O/c1-12(23)20-9-13-6-7-22(11-17(13)21(2)3)10-14-8-15(18)4-5-16(14)19/h4-5,8,13,17H,6-7,9-11H2,1-3H3,(H,20,23)/t13-,17-/m1/s1. The van der Waals surface area contributed by atoms with Gasteiger partial charge in [0.2, 0.25) is 5.91 Å². The first kappa shape index (κ1) is 18.2. The fourth-order valence-corrected chi connectivity index (χ4v) is 3.39. The summed E-state index contributed by atoms with van der Waals surface area (Å²) in [6.45, 7) is 4.53. The van der Waals surface area contributed by atoms with Crippen molar-refractivity contribution >= 4 is 17.5 Å². The number of nitrogens with zero attached hydrogens (tertiary/aromatic N) is 2. The Morgan fingerprint density at radius 1 is 1.48 bits per heavy atom. The van der Waals surface area contributed by atoms with E-state index in [2.05, 4.69) is 29.2 Å². The molecule has 0 bridgehead atoms. The Hall–Kier alpha value is -1.17. The van der Waals surface area contributed by atoms with Crippen LogP contribution in [0, 0.1) is 11.7 Å². The van der Waals surface area contributed by atoms with Crippen LogP contribution in [-0.2, 0) is 11.3 Å². The van der Waals surface area contributed by atoms with Crippen molar-refractivity contribution in [1.29, 1.82) is 0 Å². The molecular formula is C17H25ClFN3O. The summed E-state index contributed by atoms with van der Waals surface area (Å²) in [6.07, 6.45) is 0.977. The van der Waals surface area contributed by atoms with Crippen molar-refractivity contribution in [1.82, 2.24) is 15.1 Å². The van der Waals surface area contributed by atoms with Crippen LogP contribution in [0.25, 0.3) is 0 Å². The molecule has 0 spiro atoms. The summed E-state index contributed by atoms with van der Waals surface area (Å²) in [5.74, 6) is 0.205. The third-order valence-corrected chi connectivity index (χ3v) is 4.72. The van der Waals surface area contributed by atoms with Gasteiger partial charge >= 0.3 is 0 Å². The highest BCUT2D eigenvalue weighted by molar-refractivity contribution is 6.30. The Morgan fingerprint density at radius 2 is 2.22 bits per heavy atom. The first-order chi connectivity index (χ1) is 10.9. The summed E-state index contributed by atoms with van der Waals surface area (Å²) in [5, 5.41) is 3.48. The molecule has 1 saturated heterocycles. The number of likely N-dealkylation sites (N-methyl/N-ethyl adjacent to an activating group) is 1. The Kier molecular flexibility index (Phi) is 6.39. The maximum atomic E-state index is 13.9. The Morgan fingerprint density at radius 3 is 2.87 bits per heavy atom. The lowest BCUT2D eigenvalue weighted by molar-refractivity contribution is -0.119. The number of amides is 1. The zero-order chi connectivity index (χ0) is 17.0. The van der Waals surface area contributed by atoms with Crippen molar-refractivity contribution in [3.05, 3.63) is 34.6 Å². The predicted octanol–water partition coefficient (Wildman–Crippen LogP) is 2.37. The molecule has 0 unspecified atom stereocenters. The van der Waals surface area contributed by atoms with E-state index in [-0.39, 0.29) is 11.7 Å². The van der Waals surface area contributed by atoms with Gasteiger partial charge in [-0.2, -0.15) is 0 Å². The fraction of sp³-hybridized carbons (Fsp3) is 0.588. The maximum absolute atomic E-state index is 13.9. The van der Waals surface area contributed by atoms with Crippen LogP contribution >= 0.6 is 11.6 Å². The summed E-state index contributed by atoms with van der Waals surface area (Å²) < 4.78 is 13.9. The molecule has 1 aliphatic rings. The average Bonchev–Trinajstić information content (AvgIpc) is 2.49. The van der Waals surface area contributed by atoms with Gasteiger partial charge in [-0.15, -0.1) is 0 Å². The van der Waals surface area contributed by atoms with Gasteiger partial charge in [0.1, 0.15) is 5.82 Å². The third kappa shape index (κ3) is 5.16.